The monoisotopic (exact) mass is 207 g/mol. The Balaban J connectivity index is 3.03. The van der Waals surface area contributed by atoms with E-state index in [9.17, 15) is 9.18 Å². The Kier molecular flexibility index (Phi) is 3.40. The summed E-state index contributed by atoms with van der Waals surface area (Å²) in [6.45, 7) is 1.62. The van der Waals surface area contributed by atoms with Crippen LogP contribution in [0, 0.1) is 17.1 Å². The Labute approximate surface area is 87.1 Å². The predicted octanol–water partition coefficient (Wildman–Crippen LogP) is 1.97. The quantitative estimate of drug-likeness (QED) is 0.696. The Morgan fingerprint density at radius 1 is 1.60 bits per heavy atom. The average Bonchev–Trinajstić information content (AvgIpc) is 2.26. The highest BCUT2D eigenvalue weighted by Gasteiger charge is 2.16. The molecule has 4 heteroatoms. The molecule has 0 aliphatic rings. The number of ether oxygens (including phenoxy) is 1. The molecule has 0 saturated heterocycles. The van der Waals surface area contributed by atoms with Crippen molar-refractivity contribution in [3.05, 3.63) is 35.1 Å². The lowest BCUT2D eigenvalue weighted by atomic mass is 10.00. The number of methoxy groups -OCH3 is 1. The molecule has 0 amide bonds. The fourth-order valence-electron chi connectivity index (χ4n) is 1.20. The van der Waals surface area contributed by atoms with E-state index >= 15 is 0 Å². The van der Waals surface area contributed by atoms with Crippen molar-refractivity contribution < 1.29 is 13.9 Å². The van der Waals surface area contributed by atoms with Crippen molar-refractivity contribution >= 4 is 5.97 Å². The van der Waals surface area contributed by atoms with E-state index in [2.05, 4.69) is 4.74 Å². The van der Waals surface area contributed by atoms with Gasteiger partial charge in [0, 0.05) is 0 Å². The third kappa shape index (κ3) is 2.32. The molecule has 0 bridgehead atoms. The minimum absolute atomic E-state index is 0.0317. The molecule has 1 aromatic rings. The number of carbonyl (C=O) groups is 1. The molecule has 0 aliphatic heterocycles. The summed E-state index contributed by atoms with van der Waals surface area (Å²) in [5.41, 5.74) is 0.467. The second-order valence-corrected chi connectivity index (χ2v) is 3.10. The Morgan fingerprint density at radius 2 is 2.27 bits per heavy atom. The van der Waals surface area contributed by atoms with Crippen molar-refractivity contribution in [2.75, 3.05) is 7.11 Å². The lowest BCUT2D eigenvalue weighted by Gasteiger charge is -2.09. The van der Waals surface area contributed by atoms with Crippen LogP contribution in [-0.4, -0.2) is 13.1 Å². The SMILES string of the molecule is COC(=O)C(C)c1ccc(C#N)c(F)c1. The number of carbonyl (C=O) groups excluding carboxylic acids is 1. The largest absolute Gasteiger partial charge is 0.469 e. The Bertz CT molecular complexity index is 423. The van der Waals surface area contributed by atoms with Gasteiger partial charge in [-0.25, -0.2) is 4.39 Å². The van der Waals surface area contributed by atoms with E-state index < -0.39 is 17.7 Å². The van der Waals surface area contributed by atoms with E-state index in [4.69, 9.17) is 5.26 Å². The van der Waals surface area contributed by atoms with Crippen LogP contribution in [0.25, 0.3) is 0 Å². The third-order valence-corrected chi connectivity index (χ3v) is 2.17. The van der Waals surface area contributed by atoms with Crippen molar-refractivity contribution in [2.24, 2.45) is 0 Å². The Morgan fingerprint density at radius 3 is 2.73 bits per heavy atom. The zero-order valence-electron chi connectivity index (χ0n) is 8.45. The van der Waals surface area contributed by atoms with Crippen LogP contribution in [0.5, 0.6) is 0 Å². The highest BCUT2D eigenvalue weighted by atomic mass is 19.1. The molecular weight excluding hydrogens is 197 g/mol. The highest BCUT2D eigenvalue weighted by Crippen LogP contribution is 2.19. The molecule has 0 heterocycles. The number of nitrogens with zero attached hydrogens (tertiary/aromatic N) is 1. The number of nitriles is 1. The van der Waals surface area contributed by atoms with Gasteiger partial charge in [-0.1, -0.05) is 6.07 Å². The van der Waals surface area contributed by atoms with Gasteiger partial charge in [0.05, 0.1) is 18.6 Å². The molecule has 0 radical (unpaired) electrons. The molecule has 0 N–H and O–H groups in total. The molecule has 1 unspecified atom stereocenters. The van der Waals surface area contributed by atoms with Crippen LogP contribution in [-0.2, 0) is 9.53 Å². The second kappa shape index (κ2) is 4.56. The van der Waals surface area contributed by atoms with E-state index in [-0.39, 0.29) is 5.56 Å². The van der Waals surface area contributed by atoms with Crippen LogP contribution < -0.4 is 0 Å². The molecule has 0 saturated carbocycles. The van der Waals surface area contributed by atoms with Crippen LogP contribution in [0.15, 0.2) is 18.2 Å². The molecule has 0 aliphatic carbocycles. The van der Waals surface area contributed by atoms with Crippen LogP contribution >= 0.6 is 0 Å². The molecule has 3 nitrogen and oxygen atoms in total. The minimum atomic E-state index is -0.620. The van der Waals surface area contributed by atoms with Gasteiger partial charge >= 0.3 is 5.97 Å². The third-order valence-electron chi connectivity index (χ3n) is 2.17. The summed E-state index contributed by atoms with van der Waals surface area (Å²) < 4.78 is 17.7. The van der Waals surface area contributed by atoms with Gasteiger partial charge in [0.1, 0.15) is 11.9 Å². The predicted molar refractivity (Wildman–Crippen MR) is 51.5 cm³/mol. The van der Waals surface area contributed by atoms with E-state index in [0.717, 1.165) is 0 Å². The van der Waals surface area contributed by atoms with Gasteiger partial charge in [-0.2, -0.15) is 5.26 Å². The first-order valence-electron chi connectivity index (χ1n) is 4.37. The van der Waals surface area contributed by atoms with Crippen molar-refractivity contribution in [3.8, 4) is 6.07 Å². The van der Waals surface area contributed by atoms with Gasteiger partial charge in [-0.3, -0.25) is 4.79 Å². The zero-order valence-corrected chi connectivity index (χ0v) is 8.45. The van der Waals surface area contributed by atoms with Gasteiger partial charge < -0.3 is 4.74 Å². The lowest BCUT2D eigenvalue weighted by Crippen LogP contribution is -2.11. The van der Waals surface area contributed by atoms with E-state index in [0.29, 0.717) is 5.56 Å². The summed E-state index contributed by atoms with van der Waals surface area (Å²) in [4.78, 5) is 11.2. The van der Waals surface area contributed by atoms with Gasteiger partial charge in [0.15, 0.2) is 0 Å². The van der Waals surface area contributed by atoms with Crippen LogP contribution in [0.2, 0.25) is 0 Å². The van der Waals surface area contributed by atoms with Crippen LogP contribution in [0.4, 0.5) is 4.39 Å². The van der Waals surface area contributed by atoms with Crippen LogP contribution in [0.3, 0.4) is 0 Å². The molecule has 15 heavy (non-hydrogen) atoms. The highest BCUT2D eigenvalue weighted by molar-refractivity contribution is 5.77. The van der Waals surface area contributed by atoms with Crippen LogP contribution in [0.1, 0.15) is 24.0 Å². The van der Waals surface area contributed by atoms with Crippen molar-refractivity contribution in [1.29, 1.82) is 5.26 Å². The number of hydrogen-bond acceptors (Lipinski definition) is 3. The van der Waals surface area contributed by atoms with Crippen molar-refractivity contribution in [2.45, 2.75) is 12.8 Å². The lowest BCUT2D eigenvalue weighted by molar-refractivity contribution is -0.141. The number of rotatable bonds is 2. The van der Waals surface area contributed by atoms with Gasteiger partial charge in [0.25, 0.3) is 0 Å². The summed E-state index contributed by atoms with van der Waals surface area (Å²) in [7, 11) is 1.28. The average molecular weight is 207 g/mol. The summed E-state index contributed by atoms with van der Waals surface area (Å²) in [6.07, 6.45) is 0. The summed E-state index contributed by atoms with van der Waals surface area (Å²) in [5.74, 6) is -1.58. The Hall–Kier alpha value is -1.89. The van der Waals surface area contributed by atoms with Crippen molar-refractivity contribution in [3.63, 3.8) is 0 Å². The molecular formula is C11H10FNO2. The molecule has 1 rings (SSSR count). The molecule has 1 aromatic carbocycles. The van der Waals surface area contributed by atoms with Gasteiger partial charge in [0.2, 0.25) is 0 Å². The normalized spacial score (nSPS) is 11.6. The summed E-state index contributed by atoms with van der Waals surface area (Å²) in [5, 5.41) is 8.52. The first kappa shape index (κ1) is 11.2. The van der Waals surface area contributed by atoms with E-state index in [1.807, 2.05) is 0 Å². The van der Waals surface area contributed by atoms with Crippen molar-refractivity contribution in [1.82, 2.24) is 0 Å². The van der Waals surface area contributed by atoms with E-state index in [1.54, 1.807) is 19.1 Å². The molecule has 0 aromatic heterocycles. The van der Waals surface area contributed by atoms with Gasteiger partial charge in [-0.05, 0) is 24.6 Å². The number of benzene rings is 1. The van der Waals surface area contributed by atoms with Gasteiger partial charge in [-0.15, -0.1) is 0 Å². The topological polar surface area (TPSA) is 50.1 Å². The first-order valence-corrected chi connectivity index (χ1v) is 4.37. The molecule has 0 fully saturated rings. The molecule has 78 valence electrons. The second-order valence-electron chi connectivity index (χ2n) is 3.10. The minimum Gasteiger partial charge on any atom is -0.469 e. The summed E-state index contributed by atoms with van der Waals surface area (Å²) in [6, 6.07) is 5.79. The standard InChI is InChI=1S/C11H10FNO2/c1-7(11(14)15-2)8-3-4-9(6-13)10(12)5-8/h3-5,7H,1-2H3. The number of esters is 1. The fraction of sp³-hybridized carbons (Fsp3) is 0.273. The zero-order chi connectivity index (χ0) is 11.4. The maximum atomic E-state index is 13.2. The maximum absolute atomic E-state index is 13.2. The fourth-order valence-corrected chi connectivity index (χ4v) is 1.20. The molecule has 1 atom stereocenters. The van der Waals surface area contributed by atoms with E-state index in [1.165, 1.54) is 19.2 Å². The molecule has 0 spiro atoms. The first-order chi connectivity index (χ1) is 7.10. The smallest absolute Gasteiger partial charge is 0.312 e. The number of hydrogen-bond donors (Lipinski definition) is 0. The maximum Gasteiger partial charge on any atom is 0.312 e. The summed E-state index contributed by atoms with van der Waals surface area (Å²) >= 11 is 0. The number of halogens is 1.